The second-order valence-electron chi connectivity index (χ2n) is 8.71. The molecule has 0 heterocycles. The van der Waals surface area contributed by atoms with Gasteiger partial charge in [0.25, 0.3) is 5.91 Å². The molecule has 0 saturated heterocycles. The van der Waals surface area contributed by atoms with Crippen molar-refractivity contribution in [3.63, 3.8) is 0 Å². The van der Waals surface area contributed by atoms with Crippen molar-refractivity contribution in [1.29, 1.82) is 0 Å². The standard InChI is InChI=1S/C29H30N3O6/c1-19(33)24(16-20-8-4-2-5-9-20)31-28(36)25(17-26(30)34)32-27(35)22-12-14-23(15-13-22)29(37)38-18-21-10-6-3-7-11-21/h2-15,19,24-25,33H,1,16-18H2,(H2,30,34)(H,31,36)(H,32,35)/t19-,24+,25+/m1/s1. The van der Waals surface area contributed by atoms with Gasteiger partial charge in [0.2, 0.25) is 11.8 Å². The van der Waals surface area contributed by atoms with E-state index < -0.39 is 48.3 Å². The number of hydrogen-bond acceptors (Lipinski definition) is 6. The number of carbonyl (C=O) groups excluding carboxylic acids is 4. The van der Waals surface area contributed by atoms with E-state index in [0.29, 0.717) is 0 Å². The van der Waals surface area contributed by atoms with Gasteiger partial charge in [-0.3, -0.25) is 14.4 Å². The Morgan fingerprint density at radius 2 is 1.37 bits per heavy atom. The fourth-order valence-electron chi connectivity index (χ4n) is 3.65. The van der Waals surface area contributed by atoms with Crippen molar-refractivity contribution in [2.45, 2.75) is 37.6 Å². The Hall–Kier alpha value is -4.50. The summed E-state index contributed by atoms with van der Waals surface area (Å²) in [5.41, 5.74) is 7.41. The molecule has 3 aromatic carbocycles. The highest BCUT2D eigenvalue weighted by Crippen LogP contribution is 2.10. The predicted molar refractivity (Wildman–Crippen MR) is 141 cm³/mol. The third-order valence-electron chi connectivity index (χ3n) is 5.71. The molecule has 9 heteroatoms. The van der Waals surface area contributed by atoms with Crippen LogP contribution in [0.1, 0.15) is 38.3 Å². The normalized spacial score (nSPS) is 13.0. The topological polar surface area (TPSA) is 148 Å². The number of aliphatic hydroxyl groups is 1. The van der Waals surface area contributed by atoms with Crippen LogP contribution in [-0.4, -0.2) is 47.0 Å². The van der Waals surface area contributed by atoms with Gasteiger partial charge in [0, 0.05) is 5.56 Å². The summed E-state index contributed by atoms with van der Waals surface area (Å²) in [6.45, 7) is 3.70. The van der Waals surface area contributed by atoms with Crippen LogP contribution in [0.4, 0.5) is 0 Å². The molecule has 0 saturated carbocycles. The fourth-order valence-corrected chi connectivity index (χ4v) is 3.65. The van der Waals surface area contributed by atoms with Crippen LogP contribution in [0.3, 0.4) is 0 Å². The average molecular weight is 517 g/mol. The van der Waals surface area contributed by atoms with Crippen LogP contribution < -0.4 is 16.4 Å². The SMILES string of the molecule is [CH2][C@@H](O)[C@H](Cc1ccccc1)NC(=O)[C@H](CC(N)=O)NC(=O)c1ccc(C(=O)OCc2ccccc2)cc1. The first kappa shape index (κ1) is 28.1. The smallest absolute Gasteiger partial charge is 0.338 e. The maximum absolute atomic E-state index is 12.9. The van der Waals surface area contributed by atoms with Gasteiger partial charge >= 0.3 is 5.97 Å². The van der Waals surface area contributed by atoms with Crippen LogP contribution >= 0.6 is 0 Å². The van der Waals surface area contributed by atoms with Crippen LogP contribution in [-0.2, 0) is 27.4 Å². The number of rotatable bonds is 12. The molecule has 9 nitrogen and oxygen atoms in total. The molecule has 3 rings (SSSR count). The molecule has 38 heavy (non-hydrogen) atoms. The molecule has 0 aliphatic heterocycles. The first-order valence-electron chi connectivity index (χ1n) is 12.0. The Morgan fingerprint density at radius 3 is 1.92 bits per heavy atom. The van der Waals surface area contributed by atoms with E-state index in [-0.39, 0.29) is 24.2 Å². The number of primary amides is 1. The minimum Gasteiger partial charge on any atom is -0.457 e. The Bertz CT molecular complexity index is 1230. The van der Waals surface area contributed by atoms with Crippen molar-refractivity contribution in [2.24, 2.45) is 5.73 Å². The van der Waals surface area contributed by atoms with E-state index in [0.717, 1.165) is 11.1 Å². The van der Waals surface area contributed by atoms with Gasteiger partial charge in [-0.1, -0.05) is 60.7 Å². The molecule has 0 aromatic heterocycles. The van der Waals surface area contributed by atoms with Gasteiger partial charge < -0.3 is 26.2 Å². The molecular weight excluding hydrogens is 486 g/mol. The van der Waals surface area contributed by atoms with Crippen molar-refractivity contribution in [3.8, 4) is 0 Å². The monoisotopic (exact) mass is 516 g/mol. The lowest BCUT2D eigenvalue weighted by Gasteiger charge is -2.25. The van der Waals surface area contributed by atoms with Crippen molar-refractivity contribution in [1.82, 2.24) is 10.6 Å². The van der Waals surface area contributed by atoms with Crippen molar-refractivity contribution in [3.05, 3.63) is 114 Å². The molecule has 197 valence electrons. The molecule has 5 N–H and O–H groups in total. The number of benzene rings is 3. The highest BCUT2D eigenvalue weighted by atomic mass is 16.5. The second kappa shape index (κ2) is 13.7. The minimum atomic E-state index is -1.28. The van der Waals surface area contributed by atoms with E-state index in [1.165, 1.54) is 24.3 Å². The average Bonchev–Trinajstić information content (AvgIpc) is 2.91. The quantitative estimate of drug-likeness (QED) is 0.271. The molecule has 0 aliphatic rings. The van der Waals surface area contributed by atoms with Crippen LogP contribution in [0.2, 0.25) is 0 Å². The number of aliphatic hydroxyl groups excluding tert-OH is 1. The third kappa shape index (κ3) is 8.56. The zero-order valence-electron chi connectivity index (χ0n) is 20.7. The second-order valence-corrected chi connectivity index (χ2v) is 8.71. The molecule has 0 aliphatic carbocycles. The van der Waals surface area contributed by atoms with Crippen LogP contribution in [0.15, 0.2) is 84.9 Å². The fraction of sp³-hybridized carbons (Fsp3) is 0.207. The summed E-state index contributed by atoms with van der Waals surface area (Å²) in [6.07, 6.45) is -1.30. The van der Waals surface area contributed by atoms with E-state index in [4.69, 9.17) is 10.5 Å². The van der Waals surface area contributed by atoms with Gasteiger partial charge in [-0.05, 0) is 48.7 Å². The number of amides is 3. The van der Waals surface area contributed by atoms with Crippen LogP contribution in [0.5, 0.6) is 0 Å². The maximum Gasteiger partial charge on any atom is 0.338 e. The zero-order valence-corrected chi connectivity index (χ0v) is 20.7. The molecule has 0 unspecified atom stereocenters. The molecule has 3 aromatic rings. The number of carbonyl (C=O) groups is 4. The van der Waals surface area contributed by atoms with Crippen molar-refractivity contribution < 1.29 is 29.0 Å². The third-order valence-corrected chi connectivity index (χ3v) is 5.71. The molecule has 0 fully saturated rings. The van der Waals surface area contributed by atoms with Gasteiger partial charge in [0.15, 0.2) is 0 Å². The van der Waals surface area contributed by atoms with Gasteiger partial charge in [-0.25, -0.2) is 4.79 Å². The summed E-state index contributed by atoms with van der Waals surface area (Å²) in [6, 6.07) is 22.0. The number of esters is 1. The number of ether oxygens (including phenoxy) is 1. The maximum atomic E-state index is 12.9. The van der Waals surface area contributed by atoms with E-state index >= 15 is 0 Å². The molecule has 0 spiro atoms. The molecule has 3 amide bonds. The van der Waals surface area contributed by atoms with Crippen molar-refractivity contribution >= 4 is 23.7 Å². The molecule has 3 atom stereocenters. The Balaban J connectivity index is 1.62. The van der Waals surface area contributed by atoms with Crippen LogP contribution in [0, 0.1) is 6.92 Å². The number of nitrogens with one attached hydrogen (secondary N) is 2. The van der Waals surface area contributed by atoms with E-state index in [1.807, 2.05) is 60.7 Å². The Kier molecular flexibility index (Phi) is 10.1. The van der Waals surface area contributed by atoms with Gasteiger partial charge in [-0.15, -0.1) is 0 Å². The zero-order chi connectivity index (χ0) is 27.5. The highest BCUT2D eigenvalue weighted by Gasteiger charge is 2.27. The summed E-state index contributed by atoms with van der Waals surface area (Å²) < 4.78 is 5.28. The van der Waals surface area contributed by atoms with E-state index in [2.05, 4.69) is 17.6 Å². The summed E-state index contributed by atoms with van der Waals surface area (Å²) in [4.78, 5) is 49.7. The Labute approximate surface area is 221 Å². The lowest BCUT2D eigenvalue weighted by atomic mass is 10.0. The van der Waals surface area contributed by atoms with Crippen molar-refractivity contribution in [2.75, 3.05) is 0 Å². The summed E-state index contributed by atoms with van der Waals surface area (Å²) >= 11 is 0. The number of nitrogens with two attached hydrogens (primary N) is 1. The molecular formula is C29H30N3O6. The molecule has 1 radical (unpaired) electrons. The van der Waals surface area contributed by atoms with Gasteiger partial charge in [-0.2, -0.15) is 0 Å². The van der Waals surface area contributed by atoms with Gasteiger partial charge in [0.05, 0.1) is 24.1 Å². The van der Waals surface area contributed by atoms with E-state index in [1.54, 1.807) is 0 Å². The highest BCUT2D eigenvalue weighted by molar-refractivity contribution is 5.99. The summed E-state index contributed by atoms with van der Waals surface area (Å²) in [7, 11) is 0. The first-order valence-corrected chi connectivity index (χ1v) is 12.0. The predicted octanol–water partition coefficient (Wildman–Crippen LogP) is 1.94. The largest absolute Gasteiger partial charge is 0.457 e. The minimum absolute atomic E-state index is 0.110. The summed E-state index contributed by atoms with van der Waals surface area (Å²) in [5, 5.41) is 15.2. The summed E-state index contributed by atoms with van der Waals surface area (Å²) in [5.74, 6) is -2.69. The van der Waals surface area contributed by atoms with Crippen LogP contribution in [0.25, 0.3) is 0 Å². The molecule has 0 bridgehead atoms. The van der Waals surface area contributed by atoms with Gasteiger partial charge in [0.1, 0.15) is 12.6 Å². The lowest BCUT2D eigenvalue weighted by Crippen LogP contribution is -2.53. The first-order chi connectivity index (χ1) is 18.2. The van der Waals surface area contributed by atoms with E-state index in [9.17, 15) is 24.3 Å². The Morgan fingerprint density at radius 1 is 0.816 bits per heavy atom. The number of hydrogen-bond donors (Lipinski definition) is 4. The lowest BCUT2D eigenvalue weighted by molar-refractivity contribution is -0.127.